The minimum Gasteiger partial charge on any atom is -0.361 e. The second kappa shape index (κ2) is 7.81. The summed E-state index contributed by atoms with van der Waals surface area (Å²) in [6.45, 7) is 4.61. The third kappa shape index (κ3) is 4.27. The lowest BCUT2D eigenvalue weighted by molar-refractivity contribution is -0.134. The van der Waals surface area contributed by atoms with Crippen LogP contribution in [0, 0.1) is 19.7 Å². The Morgan fingerprint density at radius 3 is 2.72 bits per heavy atom. The molecule has 0 unspecified atom stereocenters. The number of hydrogen-bond donors (Lipinski definition) is 0. The highest BCUT2D eigenvalue weighted by Gasteiger charge is 2.27. The summed E-state index contributed by atoms with van der Waals surface area (Å²) < 4.78 is 18.3. The van der Waals surface area contributed by atoms with Gasteiger partial charge >= 0.3 is 0 Å². The van der Waals surface area contributed by atoms with E-state index in [-0.39, 0.29) is 17.8 Å². The van der Waals surface area contributed by atoms with Crippen molar-refractivity contribution in [3.05, 3.63) is 52.7 Å². The van der Waals surface area contributed by atoms with E-state index in [2.05, 4.69) is 5.16 Å². The number of halogens is 1. The highest BCUT2D eigenvalue weighted by Crippen LogP contribution is 2.23. The zero-order chi connectivity index (χ0) is 17.8. The number of hydrogen-bond acceptors (Lipinski definition) is 3. The molecule has 1 aliphatic rings. The molecule has 4 nitrogen and oxygen atoms in total. The highest BCUT2D eigenvalue weighted by molar-refractivity contribution is 5.77. The number of rotatable bonds is 5. The Balaban J connectivity index is 1.63. The molecule has 1 fully saturated rings. The quantitative estimate of drug-likeness (QED) is 0.824. The molecule has 0 radical (unpaired) electrons. The standard InChI is InChI=1S/C20H25FN2O2/c1-14-19(15(2)25-22-14)10-11-20(24)23-12-4-3-5-18(23)13-16-6-8-17(21)9-7-16/h6-9,18H,3-5,10-13H2,1-2H3/t18-/m1/s1. The van der Waals surface area contributed by atoms with Gasteiger partial charge in [-0.1, -0.05) is 17.3 Å². The Bertz CT molecular complexity index is 704. The van der Waals surface area contributed by atoms with Crippen LogP contribution in [0.25, 0.3) is 0 Å². The number of amides is 1. The summed E-state index contributed by atoms with van der Waals surface area (Å²) in [6.07, 6.45) is 5.13. The molecular weight excluding hydrogens is 319 g/mol. The third-order valence-corrected chi connectivity index (χ3v) is 5.10. The van der Waals surface area contributed by atoms with Gasteiger partial charge < -0.3 is 9.42 Å². The van der Waals surface area contributed by atoms with Crippen molar-refractivity contribution in [2.24, 2.45) is 0 Å². The Morgan fingerprint density at radius 2 is 2.04 bits per heavy atom. The minimum atomic E-state index is -0.222. The topological polar surface area (TPSA) is 46.3 Å². The first-order valence-electron chi connectivity index (χ1n) is 9.00. The highest BCUT2D eigenvalue weighted by atomic mass is 19.1. The summed E-state index contributed by atoms with van der Waals surface area (Å²) in [6, 6.07) is 6.81. The van der Waals surface area contributed by atoms with Crippen LogP contribution >= 0.6 is 0 Å². The summed E-state index contributed by atoms with van der Waals surface area (Å²) >= 11 is 0. The summed E-state index contributed by atoms with van der Waals surface area (Å²) in [7, 11) is 0. The van der Waals surface area contributed by atoms with Crippen molar-refractivity contribution in [1.82, 2.24) is 10.1 Å². The Kier molecular flexibility index (Phi) is 5.51. The Hall–Kier alpha value is -2.17. The van der Waals surface area contributed by atoms with Gasteiger partial charge in [0.15, 0.2) is 0 Å². The maximum Gasteiger partial charge on any atom is 0.223 e. The fourth-order valence-electron chi connectivity index (χ4n) is 3.67. The van der Waals surface area contributed by atoms with Gasteiger partial charge in [-0.25, -0.2) is 4.39 Å². The van der Waals surface area contributed by atoms with E-state index in [1.807, 2.05) is 30.9 Å². The maximum absolute atomic E-state index is 13.1. The van der Waals surface area contributed by atoms with Crippen molar-refractivity contribution < 1.29 is 13.7 Å². The summed E-state index contributed by atoms with van der Waals surface area (Å²) in [4.78, 5) is 14.8. The van der Waals surface area contributed by atoms with E-state index in [0.29, 0.717) is 12.8 Å². The second-order valence-corrected chi connectivity index (χ2v) is 6.87. The van der Waals surface area contributed by atoms with Gasteiger partial charge in [-0.15, -0.1) is 0 Å². The largest absolute Gasteiger partial charge is 0.361 e. The van der Waals surface area contributed by atoms with Gasteiger partial charge in [-0.2, -0.15) is 0 Å². The monoisotopic (exact) mass is 344 g/mol. The first kappa shape index (κ1) is 17.6. The zero-order valence-corrected chi connectivity index (χ0v) is 14.9. The van der Waals surface area contributed by atoms with Crippen LogP contribution < -0.4 is 0 Å². The molecule has 0 spiro atoms. The van der Waals surface area contributed by atoms with Gasteiger partial charge in [0.2, 0.25) is 5.91 Å². The number of benzene rings is 1. The van der Waals surface area contributed by atoms with Crippen LogP contribution in [-0.4, -0.2) is 28.6 Å². The molecule has 2 aromatic rings. The van der Waals surface area contributed by atoms with Crippen LogP contribution in [0.2, 0.25) is 0 Å². The number of aromatic nitrogens is 1. The molecule has 1 amide bonds. The average molecular weight is 344 g/mol. The number of nitrogens with zero attached hydrogens (tertiary/aromatic N) is 2. The molecule has 0 N–H and O–H groups in total. The fraction of sp³-hybridized carbons (Fsp3) is 0.500. The van der Waals surface area contributed by atoms with E-state index in [1.165, 1.54) is 12.1 Å². The predicted octanol–water partition coefficient (Wildman–Crippen LogP) is 3.99. The molecule has 3 rings (SSSR count). The lowest BCUT2D eigenvalue weighted by Crippen LogP contribution is -2.45. The van der Waals surface area contributed by atoms with Gasteiger partial charge in [-0.05, 0) is 63.6 Å². The smallest absolute Gasteiger partial charge is 0.223 e. The summed E-state index contributed by atoms with van der Waals surface area (Å²) in [5, 5.41) is 3.95. The molecular formula is C20H25FN2O2. The van der Waals surface area contributed by atoms with Gasteiger partial charge in [0.05, 0.1) is 5.69 Å². The van der Waals surface area contributed by atoms with Crippen LogP contribution in [0.4, 0.5) is 4.39 Å². The lowest BCUT2D eigenvalue weighted by Gasteiger charge is -2.36. The average Bonchev–Trinajstić information content (AvgIpc) is 2.93. The Labute approximate surface area is 148 Å². The second-order valence-electron chi connectivity index (χ2n) is 6.87. The van der Waals surface area contributed by atoms with Gasteiger partial charge in [0, 0.05) is 24.6 Å². The molecule has 0 saturated carbocycles. The molecule has 0 bridgehead atoms. The van der Waals surface area contributed by atoms with Crippen molar-refractivity contribution in [2.75, 3.05) is 6.54 Å². The molecule has 1 aromatic heterocycles. The van der Waals surface area contributed by atoms with Gasteiger partial charge in [0.1, 0.15) is 11.6 Å². The van der Waals surface area contributed by atoms with E-state index in [1.54, 1.807) is 0 Å². The van der Waals surface area contributed by atoms with E-state index in [4.69, 9.17) is 4.52 Å². The summed E-state index contributed by atoms with van der Waals surface area (Å²) in [5.41, 5.74) is 2.99. The van der Waals surface area contributed by atoms with E-state index in [9.17, 15) is 9.18 Å². The SMILES string of the molecule is Cc1noc(C)c1CCC(=O)N1CCCC[C@@H]1Cc1ccc(F)cc1. The zero-order valence-electron chi connectivity index (χ0n) is 14.9. The minimum absolute atomic E-state index is 0.187. The molecule has 1 aliphatic heterocycles. The van der Waals surface area contributed by atoms with Gasteiger partial charge in [-0.3, -0.25) is 4.79 Å². The predicted molar refractivity (Wildman–Crippen MR) is 93.8 cm³/mol. The van der Waals surface area contributed by atoms with Crippen LogP contribution in [-0.2, 0) is 17.6 Å². The van der Waals surface area contributed by atoms with E-state index >= 15 is 0 Å². The number of carbonyl (C=O) groups is 1. The first-order valence-corrected chi connectivity index (χ1v) is 9.00. The van der Waals surface area contributed by atoms with E-state index < -0.39 is 0 Å². The molecule has 1 aromatic carbocycles. The number of likely N-dealkylation sites (tertiary alicyclic amines) is 1. The molecule has 2 heterocycles. The summed E-state index contributed by atoms with van der Waals surface area (Å²) in [5.74, 6) is 0.762. The van der Waals surface area contributed by atoms with Crippen LogP contribution in [0.15, 0.2) is 28.8 Å². The first-order chi connectivity index (χ1) is 12.0. The van der Waals surface area contributed by atoms with Crippen LogP contribution in [0.1, 0.15) is 48.3 Å². The lowest BCUT2D eigenvalue weighted by atomic mass is 9.95. The van der Waals surface area contributed by atoms with Crippen molar-refractivity contribution in [1.29, 1.82) is 0 Å². The van der Waals surface area contributed by atoms with Crippen molar-refractivity contribution >= 4 is 5.91 Å². The van der Waals surface area contributed by atoms with Crippen LogP contribution in [0.3, 0.4) is 0 Å². The van der Waals surface area contributed by atoms with Gasteiger partial charge in [0.25, 0.3) is 0 Å². The third-order valence-electron chi connectivity index (χ3n) is 5.10. The Morgan fingerprint density at radius 1 is 1.28 bits per heavy atom. The van der Waals surface area contributed by atoms with Crippen molar-refractivity contribution in [2.45, 2.75) is 58.4 Å². The molecule has 25 heavy (non-hydrogen) atoms. The molecule has 134 valence electrons. The van der Waals surface area contributed by atoms with E-state index in [0.717, 1.165) is 54.8 Å². The normalized spacial score (nSPS) is 17.7. The fourth-order valence-corrected chi connectivity index (χ4v) is 3.67. The van der Waals surface area contributed by atoms with Crippen molar-refractivity contribution in [3.8, 4) is 0 Å². The number of piperidine rings is 1. The van der Waals surface area contributed by atoms with Crippen molar-refractivity contribution in [3.63, 3.8) is 0 Å². The number of aryl methyl sites for hydroxylation is 2. The molecule has 0 aliphatic carbocycles. The molecule has 1 saturated heterocycles. The molecule has 5 heteroatoms. The van der Waals surface area contributed by atoms with Crippen LogP contribution in [0.5, 0.6) is 0 Å². The maximum atomic E-state index is 13.1. The number of carbonyl (C=O) groups excluding carboxylic acids is 1. The molecule has 1 atom stereocenters.